The monoisotopic (exact) mass is 303 g/mol. The highest BCUT2D eigenvalue weighted by molar-refractivity contribution is 6.36. The highest BCUT2D eigenvalue weighted by Gasteiger charge is 2.08. The summed E-state index contributed by atoms with van der Waals surface area (Å²) in [7, 11) is 0. The van der Waals surface area contributed by atoms with Crippen LogP contribution in [0.2, 0.25) is 15.3 Å². The Hall–Kier alpha value is -1.23. The normalized spacial score (nSPS) is 10.4. The van der Waals surface area contributed by atoms with Gasteiger partial charge in [0.15, 0.2) is 0 Å². The van der Waals surface area contributed by atoms with Gasteiger partial charge in [-0.1, -0.05) is 23.2 Å². The van der Waals surface area contributed by atoms with Crippen molar-refractivity contribution in [3.05, 3.63) is 45.9 Å². The minimum Gasteiger partial charge on any atom is -0.323 e. The lowest BCUT2D eigenvalue weighted by atomic mass is 10.3. The highest BCUT2D eigenvalue weighted by Crippen LogP contribution is 2.25. The summed E-state index contributed by atoms with van der Waals surface area (Å²) >= 11 is 17.5. The van der Waals surface area contributed by atoms with Gasteiger partial charge in [-0.05, 0) is 29.8 Å². The van der Waals surface area contributed by atoms with Crippen LogP contribution >= 0.6 is 34.8 Å². The first-order chi connectivity index (χ1) is 8.56. The van der Waals surface area contributed by atoms with Crippen LogP contribution in [0.4, 0.5) is 5.69 Å². The van der Waals surface area contributed by atoms with Crippen molar-refractivity contribution in [2.45, 2.75) is 6.54 Å². The summed E-state index contributed by atoms with van der Waals surface area (Å²) in [6.45, 7) is 0.0673. The van der Waals surface area contributed by atoms with Gasteiger partial charge in [0.25, 0.3) is 0 Å². The second kappa shape index (κ2) is 5.61. The van der Waals surface area contributed by atoms with Crippen LogP contribution in [0.1, 0.15) is 0 Å². The Kier molecular flexibility index (Phi) is 4.11. The first kappa shape index (κ1) is 13.2. The van der Waals surface area contributed by atoms with E-state index in [9.17, 15) is 4.79 Å². The molecule has 1 N–H and O–H groups in total. The summed E-state index contributed by atoms with van der Waals surface area (Å²) in [6.07, 6.45) is 3.14. The van der Waals surface area contributed by atoms with E-state index in [1.807, 2.05) is 0 Å². The molecule has 7 heteroatoms. The summed E-state index contributed by atoms with van der Waals surface area (Å²) in [6, 6.07) is 4.84. The van der Waals surface area contributed by atoms with Crippen molar-refractivity contribution in [2.24, 2.45) is 0 Å². The summed E-state index contributed by atoms with van der Waals surface area (Å²) in [5, 5.41) is 3.81. The van der Waals surface area contributed by atoms with E-state index in [-0.39, 0.29) is 17.7 Å². The molecule has 2 rings (SSSR count). The van der Waals surface area contributed by atoms with E-state index < -0.39 is 0 Å². The zero-order chi connectivity index (χ0) is 13.1. The lowest BCUT2D eigenvalue weighted by Crippen LogP contribution is -2.18. The number of nitrogens with zero attached hydrogens (tertiary/aromatic N) is 2. The van der Waals surface area contributed by atoms with Crippen molar-refractivity contribution >= 4 is 46.4 Å². The molecule has 0 atom stereocenters. The number of hydrogen-bond acceptors (Lipinski definition) is 2. The second-order valence-electron chi connectivity index (χ2n) is 3.50. The van der Waals surface area contributed by atoms with Gasteiger partial charge in [-0.25, -0.2) is 4.98 Å². The number of imidazole rings is 1. The van der Waals surface area contributed by atoms with E-state index in [2.05, 4.69) is 10.3 Å². The van der Waals surface area contributed by atoms with Gasteiger partial charge >= 0.3 is 0 Å². The van der Waals surface area contributed by atoms with Gasteiger partial charge in [0.1, 0.15) is 6.54 Å². The Morgan fingerprint density at radius 3 is 2.72 bits per heavy atom. The van der Waals surface area contributed by atoms with Gasteiger partial charge in [-0.15, -0.1) is 0 Å². The molecule has 0 aliphatic heterocycles. The van der Waals surface area contributed by atoms with Crippen molar-refractivity contribution in [1.82, 2.24) is 9.55 Å². The van der Waals surface area contributed by atoms with Crippen LogP contribution in [0, 0.1) is 0 Å². The largest absolute Gasteiger partial charge is 0.323 e. The predicted octanol–water partition coefficient (Wildman–Crippen LogP) is 3.48. The van der Waals surface area contributed by atoms with Crippen LogP contribution in [0.3, 0.4) is 0 Å². The van der Waals surface area contributed by atoms with E-state index >= 15 is 0 Å². The first-order valence-electron chi connectivity index (χ1n) is 4.98. The predicted molar refractivity (Wildman–Crippen MR) is 72.3 cm³/mol. The molecule has 94 valence electrons. The average Bonchev–Trinajstić information content (AvgIpc) is 2.69. The molecule has 0 saturated carbocycles. The molecular weight excluding hydrogens is 296 g/mol. The Morgan fingerprint density at radius 2 is 2.11 bits per heavy atom. The summed E-state index contributed by atoms with van der Waals surface area (Å²) in [5.74, 6) is -0.251. The van der Waals surface area contributed by atoms with Crippen molar-refractivity contribution in [3.63, 3.8) is 0 Å². The molecule has 0 aliphatic carbocycles. The lowest BCUT2D eigenvalue weighted by molar-refractivity contribution is -0.116. The minimum atomic E-state index is -0.251. The number of halogens is 3. The van der Waals surface area contributed by atoms with E-state index in [0.29, 0.717) is 15.7 Å². The van der Waals surface area contributed by atoms with Gasteiger partial charge in [0, 0.05) is 17.4 Å². The molecule has 2 aromatic rings. The van der Waals surface area contributed by atoms with E-state index in [0.717, 1.165) is 0 Å². The average molecular weight is 305 g/mol. The van der Waals surface area contributed by atoms with Crippen molar-refractivity contribution < 1.29 is 4.79 Å². The topological polar surface area (TPSA) is 46.9 Å². The Balaban J connectivity index is 2.05. The number of aromatic nitrogens is 2. The number of benzene rings is 1. The van der Waals surface area contributed by atoms with Gasteiger partial charge in [0.2, 0.25) is 11.2 Å². The van der Waals surface area contributed by atoms with Crippen LogP contribution in [0.15, 0.2) is 30.6 Å². The van der Waals surface area contributed by atoms with Gasteiger partial charge in [0.05, 0.1) is 10.7 Å². The third kappa shape index (κ3) is 3.16. The molecule has 0 bridgehead atoms. The van der Waals surface area contributed by atoms with Gasteiger partial charge in [-0.3, -0.25) is 4.79 Å². The molecule has 0 aliphatic rings. The zero-order valence-corrected chi connectivity index (χ0v) is 11.3. The van der Waals surface area contributed by atoms with Gasteiger partial charge in [-0.2, -0.15) is 0 Å². The fourth-order valence-electron chi connectivity index (χ4n) is 1.36. The standard InChI is InChI=1S/C11H8Cl3N3O/c12-7-1-2-9(8(13)5-7)16-10(18)6-17-4-3-15-11(17)14/h1-5H,6H2,(H,16,18). The molecule has 1 amide bonds. The number of anilines is 1. The molecule has 1 aromatic heterocycles. The Bertz CT molecular complexity index is 583. The third-order valence-corrected chi connectivity index (χ3v) is 3.05. The van der Waals surface area contributed by atoms with Crippen LogP contribution in [-0.2, 0) is 11.3 Å². The molecule has 0 saturated heterocycles. The smallest absolute Gasteiger partial charge is 0.244 e. The lowest BCUT2D eigenvalue weighted by Gasteiger charge is -2.08. The van der Waals surface area contributed by atoms with Crippen LogP contribution in [0.5, 0.6) is 0 Å². The fourth-order valence-corrected chi connectivity index (χ4v) is 1.99. The molecule has 0 spiro atoms. The number of hydrogen-bond donors (Lipinski definition) is 1. The molecular formula is C11H8Cl3N3O. The van der Waals surface area contributed by atoms with Crippen LogP contribution in [0.25, 0.3) is 0 Å². The number of carbonyl (C=O) groups is 1. The first-order valence-corrected chi connectivity index (χ1v) is 6.11. The quantitative estimate of drug-likeness (QED) is 0.943. The molecule has 1 aromatic carbocycles. The minimum absolute atomic E-state index is 0.0673. The van der Waals surface area contributed by atoms with E-state index in [1.165, 1.54) is 10.8 Å². The number of rotatable bonds is 3. The second-order valence-corrected chi connectivity index (χ2v) is 4.68. The molecule has 0 radical (unpaired) electrons. The Labute approximate surface area is 118 Å². The molecule has 0 unspecified atom stereocenters. The summed E-state index contributed by atoms with van der Waals surface area (Å²) in [5.41, 5.74) is 0.502. The zero-order valence-electron chi connectivity index (χ0n) is 9.03. The fraction of sp³-hybridized carbons (Fsp3) is 0.0909. The summed E-state index contributed by atoms with van der Waals surface area (Å²) < 4.78 is 1.51. The maximum Gasteiger partial charge on any atom is 0.244 e. The van der Waals surface area contributed by atoms with Crippen LogP contribution < -0.4 is 5.32 Å². The Morgan fingerprint density at radius 1 is 1.33 bits per heavy atom. The van der Waals surface area contributed by atoms with E-state index in [1.54, 1.807) is 24.4 Å². The molecule has 1 heterocycles. The number of carbonyl (C=O) groups excluding carboxylic acids is 1. The van der Waals surface area contributed by atoms with Crippen molar-refractivity contribution in [2.75, 3.05) is 5.32 Å². The molecule has 4 nitrogen and oxygen atoms in total. The molecule has 18 heavy (non-hydrogen) atoms. The van der Waals surface area contributed by atoms with Crippen LogP contribution in [-0.4, -0.2) is 15.5 Å². The van der Waals surface area contributed by atoms with Crippen molar-refractivity contribution in [3.8, 4) is 0 Å². The van der Waals surface area contributed by atoms with Crippen molar-refractivity contribution in [1.29, 1.82) is 0 Å². The highest BCUT2D eigenvalue weighted by atomic mass is 35.5. The maximum atomic E-state index is 11.8. The van der Waals surface area contributed by atoms with E-state index in [4.69, 9.17) is 34.8 Å². The summed E-state index contributed by atoms with van der Waals surface area (Å²) in [4.78, 5) is 15.6. The maximum absolute atomic E-state index is 11.8. The third-order valence-electron chi connectivity index (χ3n) is 2.18. The number of nitrogens with one attached hydrogen (secondary N) is 1. The number of amides is 1. The SMILES string of the molecule is O=C(Cn1ccnc1Cl)Nc1ccc(Cl)cc1Cl. The molecule has 0 fully saturated rings. The van der Waals surface area contributed by atoms with Gasteiger partial charge < -0.3 is 9.88 Å².